The SMILES string of the molecule is C.C.COC(=O)CCCN(C)CCN.Cc1ccc(C(=O)NCCN(C)CCCC(=O)NO)c2ccccc12.Cc1ccc(C(=O)O)c2ccccc12. The highest BCUT2D eigenvalue weighted by atomic mass is 16.5. The Hall–Kier alpha value is -4.88. The molecule has 12 nitrogen and oxygen atoms in total. The van der Waals surface area contributed by atoms with E-state index in [1.54, 1.807) is 11.5 Å². The van der Waals surface area contributed by atoms with E-state index < -0.39 is 5.97 Å². The van der Waals surface area contributed by atoms with Crippen molar-refractivity contribution in [3.63, 3.8) is 0 Å². The van der Waals surface area contributed by atoms with Crippen molar-refractivity contribution < 1.29 is 34.2 Å². The molecule has 6 N–H and O–H groups in total. The zero-order valence-electron chi connectivity index (χ0n) is 30.4. The fraction of sp³-hybridized carbons (Fsp3) is 0.415. The Kier molecular flexibility index (Phi) is 23.6. The molecule has 12 heteroatoms. The number of hydroxylamine groups is 1. The highest BCUT2D eigenvalue weighted by Crippen LogP contribution is 2.23. The van der Waals surface area contributed by atoms with Crippen LogP contribution in [0.25, 0.3) is 21.5 Å². The number of ether oxygens (including phenoxy) is 1. The Bertz CT molecular complexity index is 1730. The molecule has 0 aliphatic carbocycles. The van der Waals surface area contributed by atoms with Crippen LogP contribution in [-0.4, -0.2) is 104 Å². The largest absolute Gasteiger partial charge is 0.478 e. The summed E-state index contributed by atoms with van der Waals surface area (Å²) in [5, 5.41) is 24.2. The fourth-order valence-corrected chi connectivity index (χ4v) is 5.34. The van der Waals surface area contributed by atoms with E-state index in [1.807, 2.05) is 99.6 Å². The number of hydrogen-bond acceptors (Lipinski definition) is 9. The molecule has 0 unspecified atom stereocenters. The number of benzene rings is 4. The summed E-state index contributed by atoms with van der Waals surface area (Å²) in [5.74, 6) is -1.48. The molecule has 0 fully saturated rings. The first-order chi connectivity index (χ1) is 24.4. The summed E-state index contributed by atoms with van der Waals surface area (Å²) >= 11 is 0. The van der Waals surface area contributed by atoms with E-state index in [0.717, 1.165) is 58.7 Å². The predicted octanol–water partition coefficient (Wildman–Crippen LogP) is 6.04. The van der Waals surface area contributed by atoms with Crippen molar-refractivity contribution in [2.45, 2.75) is 54.4 Å². The second kappa shape index (κ2) is 26.0. The maximum Gasteiger partial charge on any atom is 0.336 e. The molecule has 0 saturated heterocycles. The number of nitrogens with zero attached hydrogens (tertiary/aromatic N) is 2. The standard InChI is InChI=1S/C19H25N3O3.C12H10O2.C8H18N2O2.2CH4/c1-14-9-10-17(16-7-4-3-6-15(14)16)19(24)20-11-13-22(2)12-5-8-18(23)21-25;1-8-6-7-11(12(13)14)10-5-3-2-4-9(8)10;1-10(7-5-9)6-3-4-8(11)12-2;;/h3-4,6-7,9-10,25H,5,8,11-13H2,1-2H3,(H,20,24)(H,21,23);2-7H,1H3,(H,13,14);3-7,9H2,1-2H3;2*1H4. The molecule has 292 valence electrons. The lowest BCUT2D eigenvalue weighted by Gasteiger charge is -2.17. The first-order valence-electron chi connectivity index (χ1n) is 17.0. The van der Waals surface area contributed by atoms with E-state index in [2.05, 4.69) is 15.0 Å². The number of carbonyl (C=O) groups is 4. The number of amides is 2. The lowest BCUT2D eigenvalue weighted by atomic mass is 10.00. The normalized spacial score (nSPS) is 10.2. The van der Waals surface area contributed by atoms with Gasteiger partial charge < -0.3 is 30.7 Å². The zero-order valence-corrected chi connectivity index (χ0v) is 30.4. The number of carboxylic acid groups (broad SMARTS) is 1. The minimum absolute atomic E-state index is 0. The van der Waals surface area contributed by atoms with Crippen LogP contribution in [0, 0.1) is 13.8 Å². The van der Waals surface area contributed by atoms with E-state index in [0.29, 0.717) is 43.6 Å². The first kappa shape index (κ1) is 48.1. The molecule has 0 heterocycles. The molecular formula is C41H61N5O7. The Morgan fingerprint density at radius 2 is 1.17 bits per heavy atom. The maximum atomic E-state index is 12.5. The van der Waals surface area contributed by atoms with Gasteiger partial charge in [0, 0.05) is 44.6 Å². The Labute approximate surface area is 315 Å². The average molecular weight is 736 g/mol. The number of aromatic carboxylic acids is 1. The molecule has 0 radical (unpaired) electrons. The molecule has 2 amide bonds. The quantitative estimate of drug-likeness (QED) is 0.0550. The number of carboxylic acids is 1. The van der Waals surface area contributed by atoms with Crippen LogP contribution >= 0.6 is 0 Å². The lowest BCUT2D eigenvalue weighted by Crippen LogP contribution is -2.33. The zero-order chi connectivity index (χ0) is 37.8. The molecule has 4 rings (SSSR count). The van der Waals surface area contributed by atoms with Crippen LogP contribution in [0.2, 0.25) is 0 Å². The minimum atomic E-state index is -0.874. The maximum absolute atomic E-state index is 12.5. The summed E-state index contributed by atoms with van der Waals surface area (Å²) in [5.41, 5.74) is 10.3. The van der Waals surface area contributed by atoms with Gasteiger partial charge in [0.1, 0.15) is 0 Å². The lowest BCUT2D eigenvalue weighted by molar-refractivity contribution is -0.140. The van der Waals surface area contributed by atoms with Crippen molar-refractivity contribution in [1.82, 2.24) is 20.6 Å². The summed E-state index contributed by atoms with van der Waals surface area (Å²) in [4.78, 5) is 49.2. The molecule has 53 heavy (non-hydrogen) atoms. The summed E-state index contributed by atoms with van der Waals surface area (Å²) in [6, 6.07) is 22.8. The summed E-state index contributed by atoms with van der Waals surface area (Å²) in [7, 11) is 5.33. The van der Waals surface area contributed by atoms with Crippen molar-refractivity contribution in [3.8, 4) is 0 Å². The van der Waals surface area contributed by atoms with Crippen LogP contribution in [0.5, 0.6) is 0 Å². The molecule has 0 spiro atoms. The highest BCUT2D eigenvalue weighted by molar-refractivity contribution is 6.08. The van der Waals surface area contributed by atoms with Gasteiger partial charge in [-0.2, -0.15) is 0 Å². The van der Waals surface area contributed by atoms with Crippen molar-refractivity contribution in [2.75, 3.05) is 60.5 Å². The van der Waals surface area contributed by atoms with E-state index in [4.69, 9.17) is 16.0 Å². The smallest absolute Gasteiger partial charge is 0.336 e. The third kappa shape index (κ3) is 16.6. The number of methoxy groups -OCH3 is 1. The number of aryl methyl sites for hydroxylation is 2. The Balaban J connectivity index is 0.000000822. The molecule has 0 bridgehead atoms. The molecule has 4 aromatic rings. The van der Waals surface area contributed by atoms with E-state index in [9.17, 15) is 19.2 Å². The minimum Gasteiger partial charge on any atom is -0.478 e. The van der Waals surface area contributed by atoms with Gasteiger partial charge in [-0.3, -0.25) is 19.6 Å². The van der Waals surface area contributed by atoms with Gasteiger partial charge in [-0.05, 0) is 98.7 Å². The van der Waals surface area contributed by atoms with Crippen LogP contribution in [0.15, 0.2) is 72.8 Å². The van der Waals surface area contributed by atoms with Crippen LogP contribution in [0.4, 0.5) is 0 Å². The fourth-order valence-electron chi connectivity index (χ4n) is 5.34. The van der Waals surface area contributed by atoms with Crippen molar-refractivity contribution >= 4 is 45.3 Å². The molecule has 0 saturated carbocycles. The number of carbonyl (C=O) groups excluding carboxylic acids is 3. The van der Waals surface area contributed by atoms with Crippen LogP contribution in [0.3, 0.4) is 0 Å². The van der Waals surface area contributed by atoms with E-state index >= 15 is 0 Å². The number of rotatable bonds is 15. The van der Waals surface area contributed by atoms with Crippen LogP contribution in [0.1, 0.15) is 72.4 Å². The van der Waals surface area contributed by atoms with Gasteiger partial charge in [0.25, 0.3) is 5.91 Å². The molecule has 4 aromatic carbocycles. The molecule has 0 aliphatic heterocycles. The first-order valence-corrected chi connectivity index (χ1v) is 17.0. The van der Waals surface area contributed by atoms with Gasteiger partial charge in [-0.15, -0.1) is 0 Å². The highest BCUT2D eigenvalue weighted by Gasteiger charge is 2.11. The van der Waals surface area contributed by atoms with Gasteiger partial charge in [0.05, 0.1) is 12.7 Å². The number of fused-ring (bicyclic) bond motifs is 2. The van der Waals surface area contributed by atoms with Gasteiger partial charge in [-0.25, -0.2) is 10.3 Å². The molecule has 0 aliphatic rings. The van der Waals surface area contributed by atoms with Gasteiger partial charge >= 0.3 is 11.9 Å². The summed E-state index contributed by atoms with van der Waals surface area (Å²) in [6.45, 7) is 8.39. The Morgan fingerprint density at radius 3 is 1.66 bits per heavy atom. The molecular weight excluding hydrogens is 674 g/mol. The second-order valence-corrected chi connectivity index (χ2v) is 12.2. The number of nitrogens with two attached hydrogens (primary N) is 1. The third-order valence-corrected chi connectivity index (χ3v) is 8.27. The molecule has 0 aromatic heterocycles. The average Bonchev–Trinajstić information content (AvgIpc) is 3.12. The van der Waals surface area contributed by atoms with Crippen LogP contribution in [-0.2, 0) is 14.3 Å². The number of likely N-dealkylation sites (N-methyl/N-ethyl adjacent to an activating group) is 2. The van der Waals surface area contributed by atoms with E-state index in [-0.39, 0.29) is 39.1 Å². The number of hydrogen-bond donors (Lipinski definition) is 5. The monoisotopic (exact) mass is 735 g/mol. The van der Waals surface area contributed by atoms with Gasteiger partial charge in [0.15, 0.2) is 0 Å². The number of nitrogens with one attached hydrogen (secondary N) is 2. The van der Waals surface area contributed by atoms with Crippen molar-refractivity contribution in [3.05, 3.63) is 95.1 Å². The van der Waals surface area contributed by atoms with E-state index in [1.165, 1.54) is 7.11 Å². The van der Waals surface area contributed by atoms with Crippen molar-refractivity contribution in [2.24, 2.45) is 5.73 Å². The number of esters is 1. The second-order valence-electron chi connectivity index (χ2n) is 12.2. The van der Waals surface area contributed by atoms with Crippen molar-refractivity contribution in [1.29, 1.82) is 0 Å². The molecule has 0 atom stereocenters. The Morgan fingerprint density at radius 1 is 0.698 bits per heavy atom. The third-order valence-electron chi connectivity index (χ3n) is 8.27. The predicted molar refractivity (Wildman–Crippen MR) is 215 cm³/mol. The summed E-state index contributed by atoms with van der Waals surface area (Å²) in [6.07, 6.45) is 2.26. The van der Waals surface area contributed by atoms with Gasteiger partial charge in [0.2, 0.25) is 5.91 Å². The summed E-state index contributed by atoms with van der Waals surface area (Å²) < 4.78 is 4.51. The topological polar surface area (TPSA) is 175 Å². The van der Waals surface area contributed by atoms with Gasteiger partial charge in [-0.1, -0.05) is 75.5 Å². The van der Waals surface area contributed by atoms with Crippen LogP contribution < -0.4 is 16.5 Å².